The van der Waals surface area contributed by atoms with Gasteiger partial charge in [-0.05, 0) is 72.6 Å². The molecule has 0 heterocycles. The van der Waals surface area contributed by atoms with Crippen molar-refractivity contribution in [1.29, 1.82) is 0 Å². The summed E-state index contributed by atoms with van der Waals surface area (Å²) in [4.78, 5) is 27.7. The van der Waals surface area contributed by atoms with Crippen molar-refractivity contribution in [2.45, 2.75) is 45.4 Å². The SMILES string of the molecule is CCCCCCCCOc1ccc(C(=O)Oc2ccc(N=Cc3ccc(C(=O)O)cc3)cc2)cc1. The Morgan fingerprint density at radius 2 is 1.37 bits per heavy atom. The zero-order valence-electron chi connectivity index (χ0n) is 20.0. The van der Waals surface area contributed by atoms with Gasteiger partial charge in [-0.3, -0.25) is 4.99 Å². The summed E-state index contributed by atoms with van der Waals surface area (Å²) in [5.74, 6) is -0.244. The maximum Gasteiger partial charge on any atom is 0.343 e. The number of aliphatic imine (C=N–C) groups is 1. The van der Waals surface area contributed by atoms with Crippen molar-refractivity contribution in [2.24, 2.45) is 4.99 Å². The molecule has 0 fully saturated rings. The van der Waals surface area contributed by atoms with Gasteiger partial charge in [0.15, 0.2) is 0 Å². The van der Waals surface area contributed by atoms with Crippen LogP contribution in [0.2, 0.25) is 0 Å². The summed E-state index contributed by atoms with van der Waals surface area (Å²) >= 11 is 0. The number of hydrogen-bond acceptors (Lipinski definition) is 5. The lowest BCUT2D eigenvalue weighted by atomic mass is 10.1. The van der Waals surface area contributed by atoms with Crippen molar-refractivity contribution in [1.82, 2.24) is 0 Å². The second-order valence-corrected chi connectivity index (χ2v) is 8.21. The minimum atomic E-state index is -0.966. The Bertz CT molecular complexity index is 1100. The van der Waals surface area contributed by atoms with E-state index in [2.05, 4.69) is 11.9 Å². The predicted molar refractivity (Wildman–Crippen MR) is 137 cm³/mol. The molecule has 0 radical (unpaired) electrons. The van der Waals surface area contributed by atoms with Crippen LogP contribution in [0.3, 0.4) is 0 Å². The van der Waals surface area contributed by atoms with Gasteiger partial charge in [-0.15, -0.1) is 0 Å². The summed E-state index contributed by atoms with van der Waals surface area (Å²) in [5, 5.41) is 8.95. The fraction of sp³-hybridized carbons (Fsp3) is 0.276. The number of carbonyl (C=O) groups excluding carboxylic acids is 1. The molecule has 182 valence electrons. The van der Waals surface area contributed by atoms with E-state index in [1.807, 2.05) is 0 Å². The Morgan fingerprint density at radius 1 is 0.771 bits per heavy atom. The highest BCUT2D eigenvalue weighted by molar-refractivity contribution is 5.91. The highest BCUT2D eigenvalue weighted by Crippen LogP contribution is 2.20. The lowest BCUT2D eigenvalue weighted by Gasteiger charge is -2.08. The largest absolute Gasteiger partial charge is 0.494 e. The first-order valence-corrected chi connectivity index (χ1v) is 12.0. The van der Waals surface area contributed by atoms with Gasteiger partial charge in [0.25, 0.3) is 0 Å². The van der Waals surface area contributed by atoms with Crippen LogP contribution in [0.1, 0.15) is 71.7 Å². The number of aromatic carboxylic acids is 1. The average Bonchev–Trinajstić information content (AvgIpc) is 2.88. The average molecular weight is 474 g/mol. The van der Waals surface area contributed by atoms with Crippen LogP contribution in [0.5, 0.6) is 11.5 Å². The fourth-order valence-corrected chi connectivity index (χ4v) is 3.39. The number of nitrogens with zero attached hydrogens (tertiary/aromatic N) is 1. The summed E-state index contributed by atoms with van der Waals surface area (Å²) in [7, 11) is 0. The number of hydrogen-bond donors (Lipinski definition) is 1. The number of carboxylic acids is 1. The molecule has 3 rings (SSSR count). The normalized spacial score (nSPS) is 10.9. The molecule has 0 bridgehead atoms. The van der Waals surface area contributed by atoms with Crippen LogP contribution in [0.15, 0.2) is 77.8 Å². The molecule has 0 atom stereocenters. The molecule has 1 N–H and O–H groups in total. The third-order valence-electron chi connectivity index (χ3n) is 5.42. The van der Waals surface area contributed by atoms with E-state index in [1.165, 1.54) is 44.2 Å². The molecule has 6 heteroatoms. The van der Waals surface area contributed by atoms with Crippen molar-refractivity contribution in [3.8, 4) is 11.5 Å². The minimum Gasteiger partial charge on any atom is -0.494 e. The molecule has 0 spiro atoms. The van der Waals surface area contributed by atoms with Gasteiger partial charge >= 0.3 is 11.9 Å². The van der Waals surface area contributed by atoms with Gasteiger partial charge in [0.2, 0.25) is 0 Å². The quantitative estimate of drug-likeness (QED) is 0.124. The fourth-order valence-electron chi connectivity index (χ4n) is 3.39. The van der Waals surface area contributed by atoms with Gasteiger partial charge in [0.05, 0.1) is 23.4 Å². The molecule has 0 aliphatic heterocycles. The second-order valence-electron chi connectivity index (χ2n) is 8.21. The van der Waals surface area contributed by atoms with Crippen LogP contribution in [-0.4, -0.2) is 29.9 Å². The molecule has 3 aromatic rings. The Balaban J connectivity index is 1.45. The zero-order chi connectivity index (χ0) is 24.9. The molecule has 0 aromatic heterocycles. The second kappa shape index (κ2) is 13.7. The standard InChI is InChI=1S/C29H31NO5/c1-2-3-4-5-6-7-20-34-26-16-12-24(13-17-26)29(33)35-27-18-14-25(15-19-27)30-21-22-8-10-23(11-9-22)28(31)32/h8-19,21H,2-7,20H2,1H3,(H,31,32). The molecule has 0 saturated heterocycles. The monoisotopic (exact) mass is 473 g/mol. The lowest BCUT2D eigenvalue weighted by Crippen LogP contribution is -2.08. The first kappa shape index (κ1) is 25.7. The van der Waals surface area contributed by atoms with E-state index in [0.29, 0.717) is 23.6 Å². The Kier molecular flexibility index (Phi) is 10.1. The summed E-state index contributed by atoms with van der Waals surface area (Å²) in [6, 6.07) is 20.2. The molecule has 35 heavy (non-hydrogen) atoms. The third kappa shape index (κ3) is 8.74. The first-order chi connectivity index (χ1) is 17.0. The molecule has 3 aromatic carbocycles. The number of benzene rings is 3. The lowest BCUT2D eigenvalue weighted by molar-refractivity contribution is 0.0694. The van der Waals surface area contributed by atoms with Crippen LogP contribution in [0, 0.1) is 0 Å². The predicted octanol–water partition coefficient (Wildman–Crippen LogP) is 7.09. The topological polar surface area (TPSA) is 85.2 Å². The van der Waals surface area contributed by atoms with Crippen LogP contribution in [0.25, 0.3) is 0 Å². The molecular formula is C29H31NO5. The number of unbranched alkanes of at least 4 members (excludes halogenated alkanes) is 5. The van der Waals surface area contributed by atoms with E-state index in [0.717, 1.165) is 17.7 Å². The molecular weight excluding hydrogens is 442 g/mol. The summed E-state index contributed by atoms with van der Waals surface area (Å²) < 4.78 is 11.2. The number of ether oxygens (including phenoxy) is 2. The van der Waals surface area contributed by atoms with E-state index >= 15 is 0 Å². The van der Waals surface area contributed by atoms with Gasteiger partial charge in [-0.2, -0.15) is 0 Å². The van der Waals surface area contributed by atoms with Crippen molar-refractivity contribution in [3.05, 3.63) is 89.5 Å². The number of carbonyl (C=O) groups is 2. The Hall–Kier alpha value is -3.93. The van der Waals surface area contributed by atoms with Crippen molar-refractivity contribution >= 4 is 23.8 Å². The highest BCUT2D eigenvalue weighted by Gasteiger charge is 2.09. The molecule has 0 saturated carbocycles. The van der Waals surface area contributed by atoms with E-state index in [-0.39, 0.29) is 5.56 Å². The molecule has 6 nitrogen and oxygen atoms in total. The summed E-state index contributed by atoms with van der Waals surface area (Å²) in [6.07, 6.45) is 8.93. The summed E-state index contributed by atoms with van der Waals surface area (Å²) in [6.45, 7) is 2.89. The third-order valence-corrected chi connectivity index (χ3v) is 5.42. The summed E-state index contributed by atoms with van der Waals surface area (Å²) in [5.41, 5.74) is 2.14. The molecule has 0 unspecified atom stereocenters. The highest BCUT2D eigenvalue weighted by atomic mass is 16.5. The van der Waals surface area contributed by atoms with Crippen molar-refractivity contribution in [2.75, 3.05) is 6.61 Å². The first-order valence-electron chi connectivity index (χ1n) is 12.0. The van der Waals surface area contributed by atoms with Gasteiger partial charge in [0.1, 0.15) is 11.5 Å². The smallest absolute Gasteiger partial charge is 0.343 e. The Labute approximate surface area is 206 Å². The van der Waals surface area contributed by atoms with E-state index in [4.69, 9.17) is 14.6 Å². The van der Waals surface area contributed by atoms with E-state index < -0.39 is 11.9 Å². The van der Waals surface area contributed by atoms with Gasteiger partial charge in [-0.25, -0.2) is 9.59 Å². The van der Waals surface area contributed by atoms with Crippen molar-refractivity contribution in [3.63, 3.8) is 0 Å². The molecule has 0 aliphatic rings. The number of rotatable bonds is 13. The maximum atomic E-state index is 12.4. The molecule has 0 aliphatic carbocycles. The van der Waals surface area contributed by atoms with Crippen LogP contribution >= 0.6 is 0 Å². The molecule has 0 amide bonds. The van der Waals surface area contributed by atoms with E-state index in [9.17, 15) is 9.59 Å². The van der Waals surface area contributed by atoms with Crippen LogP contribution in [0.4, 0.5) is 5.69 Å². The minimum absolute atomic E-state index is 0.226. The van der Waals surface area contributed by atoms with E-state index in [1.54, 1.807) is 66.9 Å². The van der Waals surface area contributed by atoms with Crippen molar-refractivity contribution < 1.29 is 24.2 Å². The Morgan fingerprint density at radius 3 is 2.03 bits per heavy atom. The van der Waals surface area contributed by atoms with Crippen LogP contribution < -0.4 is 9.47 Å². The maximum absolute atomic E-state index is 12.4. The van der Waals surface area contributed by atoms with Crippen LogP contribution in [-0.2, 0) is 0 Å². The zero-order valence-corrected chi connectivity index (χ0v) is 20.0. The number of carboxylic acid groups (broad SMARTS) is 1. The number of esters is 1. The van der Waals surface area contributed by atoms with Gasteiger partial charge < -0.3 is 14.6 Å². The van der Waals surface area contributed by atoms with Gasteiger partial charge in [0, 0.05) is 6.21 Å². The van der Waals surface area contributed by atoms with Gasteiger partial charge in [-0.1, -0.05) is 51.2 Å².